The summed E-state index contributed by atoms with van der Waals surface area (Å²) in [6.07, 6.45) is 0.807. The van der Waals surface area contributed by atoms with Gasteiger partial charge in [-0.1, -0.05) is 18.2 Å². The highest BCUT2D eigenvalue weighted by Crippen LogP contribution is 2.21. The molecule has 0 unspecified atom stereocenters. The fourth-order valence-electron chi connectivity index (χ4n) is 1.98. The first-order valence-corrected chi connectivity index (χ1v) is 5.70. The lowest BCUT2D eigenvalue weighted by atomic mass is 10.1. The first kappa shape index (κ1) is 11.2. The average molecular weight is 218 g/mol. The van der Waals surface area contributed by atoms with Gasteiger partial charge < -0.3 is 15.4 Å². The second-order valence-corrected chi connectivity index (χ2v) is 4.03. The molecule has 0 aliphatic carbocycles. The molecular formula is C13H18N2O. The van der Waals surface area contributed by atoms with E-state index in [4.69, 9.17) is 5.11 Å². The van der Waals surface area contributed by atoms with Crippen LogP contribution < -0.4 is 5.32 Å². The van der Waals surface area contributed by atoms with Crippen molar-refractivity contribution in [2.24, 2.45) is 0 Å². The number of benzene rings is 1. The molecule has 1 aromatic heterocycles. The van der Waals surface area contributed by atoms with E-state index in [1.165, 1.54) is 22.2 Å². The van der Waals surface area contributed by atoms with Crippen molar-refractivity contribution >= 4 is 10.9 Å². The first-order valence-electron chi connectivity index (χ1n) is 5.70. The summed E-state index contributed by atoms with van der Waals surface area (Å²) >= 11 is 0. The van der Waals surface area contributed by atoms with E-state index in [0.717, 1.165) is 19.5 Å². The largest absolute Gasteiger partial charge is 0.396 e. The van der Waals surface area contributed by atoms with Gasteiger partial charge in [0.05, 0.1) is 0 Å². The number of hydrogen-bond donors (Lipinski definition) is 3. The maximum Gasteiger partial charge on any atom is 0.0459 e. The molecule has 0 aliphatic heterocycles. The highest BCUT2D eigenvalue weighted by Gasteiger charge is 2.06. The van der Waals surface area contributed by atoms with Crippen LogP contribution in [0, 0.1) is 6.92 Å². The molecule has 1 heterocycles. The van der Waals surface area contributed by atoms with Crippen LogP contribution in [0.15, 0.2) is 24.3 Å². The zero-order valence-electron chi connectivity index (χ0n) is 9.59. The fraction of sp³-hybridized carbons (Fsp3) is 0.385. The van der Waals surface area contributed by atoms with Gasteiger partial charge in [-0.3, -0.25) is 0 Å². The van der Waals surface area contributed by atoms with Crippen LogP contribution in [-0.2, 0) is 6.54 Å². The van der Waals surface area contributed by atoms with E-state index < -0.39 is 0 Å². The molecule has 2 aromatic rings. The number of fused-ring (bicyclic) bond motifs is 1. The quantitative estimate of drug-likeness (QED) is 0.672. The van der Waals surface area contributed by atoms with Crippen LogP contribution in [0.2, 0.25) is 0 Å². The lowest BCUT2D eigenvalue weighted by Crippen LogP contribution is -2.16. The number of aryl methyl sites for hydroxylation is 1. The van der Waals surface area contributed by atoms with E-state index >= 15 is 0 Å². The van der Waals surface area contributed by atoms with Gasteiger partial charge in [-0.2, -0.15) is 0 Å². The van der Waals surface area contributed by atoms with E-state index in [2.05, 4.69) is 35.4 Å². The van der Waals surface area contributed by atoms with Crippen molar-refractivity contribution < 1.29 is 5.11 Å². The third-order valence-corrected chi connectivity index (χ3v) is 2.84. The standard InChI is InChI=1S/C13H18N2O/c1-10-12(9-14-7-4-8-16)11-5-2-3-6-13(11)15-10/h2-3,5-6,14-16H,4,7-9H2,1H3. The molecule has 2 rings (SSSR count). The van der Waals surface area contributed by atoms with Crippen LogP contribution in [0.3, 0.4) is 0 Å². The minimum Gasteiger partial charge on any atom is -0.396 e. The molecule has 0 fully saturated rings. The first-order chi connectivity index (χ1) is 7.83. The summed E-state index contributed by atoms with van der Waals surface area (Å²) in [7, 11) is 0. The zero-order chi connectivity index (χ0) is 11.4. The summed E-state index contributed by atoms with van der Waals surface area (Å²) in [5, 5.41) is 13.3. The second kappa shape index (κ2) is 5.14. The molecule has 3 heteroatoms. The molecule has 0 radical (unpaired) electrons. The molecule has 3 nitrogen and oxygen atoms in total. The van der Waals surface area contributed by atoms with E-state index in [0.29, 0.717) is 0 Å². The highest BCUT2D eigenvalue weighted by atomic mass is 16.3. The molecule has 0 atom stereocenters. The van der Waals surface area contributed by atoms with Gasteiger partial charge in [-0.15, -0.1) is 0 Å². The third-order valence-electron chi connectivity index (χ3n) is 2.84. The van der Waals surface area contributed by atoms with Crippen molar-refractivity contribution in [2.75, 3.05) is 13.2 Å². The maximum atomic E-state index is 8.70. The lowest BCUT2D eigenvalue weighted by molar-refractivity contribution is 0.286. The smallest absolute Gasteiger partial charge is 0.0459 e. The number of para-hydroxylation sites is 1. The second-order valence-electron chi connectivity index (χ2n) is 4.03. The number of rotatable bonds is 5. The SMILES string of the molecule is Cc1[nH]c2ccccc2c1CNCCCO. The van der Waals surface area contributed by atoms with Crippen LogP contribution in [0.25, 0.3) is 10.9 Å². The summed E-state index contributed by atoms with van der Waals surface area (Å²) in [6.45, 7) is 4.06. The summed E-state index contributed by atoms with van der Waals surface area (Å²) in [4.78, 5) is 3.38. The van der Waals surface area contributed by atoms with Crippen LogP contribution in [-0.4, -0.2) is 23.2 Å². The van der Waals surface area contributed by atoms with Gasteiger partial charge in [0.15, 0.2) is 0 Å². The van der Waals surface area contributed by atoms with Gasteiger partial charge >= 0.3 is 0 Å². The van der Waals surface area contributed by atoms with Crippen molar-refractivity contribution in [3.63, 3.8) is 0 Å². The number of aromatic nitrogens is 1. The van der Waals surface area contributed by atoms with Crippen molar-refractivity contribution in [3.8, 4) is 0 Å². The zero-order valence-corrected chi connectivity index (χ0v) is 9.59. The molecule has 0 spiro atoms. The molecule has 0 bridgehead atoms. The van der Waals surface area contributed by atoms with Gasteiger partial charge in [-0.25, -0.2) is 0 Å². The number of aliphatic hydroxyl groups excluding tert-OH is 1. The summed E-state index contributed by atoms with van der Waals surface area (Å²) in [5.41, 5.74) is 3.74. The van der Waals surface area contributed by atoms with Gasteiger partial charge in [0.2, 0.25) is 0 Å². The Morgan fingerprint density at radius 1 is 1.31 bits per heavy atom. The molecule has 0 amide bonds. The number of H-pyrrole nitrogens is 1. The molecule has 3 N–H and O–H groups in total. The van der Waals surface area contributed by atoms with Crippen molar-refractivity contribution in [1.29, 1.82) is 0 Å². The number of aliphatic hydroxyl groups is 1. The van der Waals surface area contributed by atoms with E-state index in [1.807, 2.05) is 6.07 Å². The van der Waals surface area contributed by atoms with E-state index in [1.54, 1.807) is 0 Å². The van der Waals surface area contributed by atoms with E-state index in [-0.39, 0.29) is 6.61 Å². The minimum absolute atomic E-state index is 0.250. The van der Waals surface area contributed by atoms with Crippen LogP contribution in [0.5, 0.6) is 0 Å². The van der Waals surface area contributed by atoms with Crippen LogP contribution in [0.1, 0.15) is 17.7 Å². The van der Waals surface area contributed by atoms with Gasteiger partial charge in [-0.05, 0) is 31.5 Å². The molecule has 86 valence electrons. The van der Waals surface area contributed by atoms with Crippen molar-refractivity contribution in [2.45, 2.75) is 19.9 Å². The van der Waals surface area contributed by atoms with E-state index in [9.17, 15) is 0 Å². The molecule has 0 saturated carbocycles. The normalized spacial score (nSPS) is 11.1. The molecule has 1 aromatic carbocycles. The van der Waals surface area contributed by atoms with Crippen LogP contribution >= 0.6 is 0 Å². The molecular weight excluding hydrogens is 200 g/mol. The fourth-order valence-corrected chi connectivity index (χ4v) is 1.98. The number of aromatic amines is 1. The highest BCUT2D eigenvalue weighted by molar-refractivity contribution is 5.84. The summed E-state index contributed by atoms with van der Waals surface area (Å²) in [5.74, 6) is 0. The molecule has 0 aliphatic rings. The average Bonchev–Trinajstić information content (AvgIpc) is 2.61. The topological polar surface area (TPSA) is 48.0 Å². The Morgan fingerprint density at radius 2 is 2.12 bits per heavy atom. The van der Waals surface area contributed by atoms with Crippen LogP contribution in [0.4, 0.5) is 0 Å². The van der Waals surface area contributed by atoms with Crippen molar-refractivity contribution in [3.05, 3.63) is 35.5 Å². The van der Waals surface area contributed by atoms with Crippen molar-refractivity contribution in [1.82, 2.24) is 10.3 Å². The van der Waals surface area contributed by atoms with Gasteiger partial charge in [0, 0.05) is 29.7 Å². The Hall–Kier alpha value is -1.32. The minimum atomic E-state index is 0.250. The Bertz CT molecular complexity index is 462. The number of hydrogen-bond acceptors (Lipinski definition) is 2. The molecule has 0 saturated heterocycles. The number of nitrogens with one attached hydrogen (secondary N) is 2. The maximum absolute atomic E-state index is 8.70. The molecule has 16 heavy (non-hydrogen) atoms. The lowest BCUT2D eigenvalue weighted by Gasteiger charge is -2.03. The summed E-state index contributed by atoms with van der Waals surface area (Å²) < 4.78 is 0. The van der Waals surface area contributed by atoms with Gasteiger partial charge in [0.25, 0.3) is 0 Å². The Kier molecular flexibility index (Phi) is 3.59. The Morgan fingerprint density at radius 3 is 2.94 bits per heavy atom. The Labute approximate surface area is 95.5 Å². The monoisotopic (exact) mass is 218 g/mol. The predicted molar refractivity (Wildman–Crippen MR) is 66.4 cm³/mol. The Balaban J connectivity index is 2.13. The third kappa shape index (κ3) is 2.26. The predicted octanol–water partition coefficient (Wildman–Crippen LogP) is 1.95. The summed E-state index contributed by atoms with van der Waals surface area (Å²) in [6, 6.07) is 8.34. The van der Waals surface area contributed by atoms with Gasteiger partial charge in [0.1, 0.15) is 0 Å².